The summed E-state index contributed by atoms with van der Waals surface area (Å²) in [5, 5.41) is 12.9. The Balaban J connectivity index is 2.26. The minimum absolute atomic E-state index is 0.0656. The van der Waals surface area contributed by atoms with Crippen LogP contribution in [0.5, 0.6) is 0 Å². The third-order valence-corrected chi connectivity index (χ3v) is 2.83. The number of halogens is 3. The number of benzene rings is 1. The first kappa shape index (κ1) is 11.4. The van der Waals surface area contributed by atoms with Crippen molar-refractivity contribution in [3.8, 4) is 0 Å². The summed E-state index contributed by atoms with van der Waals surface area (Å²) in [6.07, 6.45) is 0.641. The number of aliphatic hydroxyl groups is 1. The lowest BCUT2D eigenvalue weighted by Crippen LogP contribution is -2.28. The number of aliphatic hydroxyl groups excluding tert-OH is 1. The van der Waals surface area contributed by atoms with E-state index in [4.69, 9.17) is 0 Å². The second kappa shape index (κ2) is 4.43. The Morgan fingerprint density at radius 2 is 1.88 bits per heavy atom. The topological polar surface area (TPSA) is 32.3 Å². The van der Waals surface area contributed by atoms with Gasteiger partial charge in [0.2, 0.25) is 0 Å². The molecule has 0 radical (unpaired) electrons. The van der Waals surface area contributed by atoms with Gasteiger partial charge in [0, 0.05) is 6.04 Å². The first-order valence-electron chi connectivity index (χ1n) is 5.15. The molecular formula is C11H12F3NO. The van der Waals surface area contributed by atoms with Crippen molar-refractivity contribution in [3.05, 3.63) is 35.1 Å². The lowest BCUT2D eigenvalue weighted by molar-refractivity contribution is 0.136. The predicted octanol–water partition coefficient (Wildman–Crippen LogP) is 1.89. The highest BCUT2D eigenvalue weighted by atomic mass is 19.2. The molecule has 1 saturated heterocycles. The summed E-state index contributed by atoms with van der Waals surface area (Å²) >= 11 is 0. The molecule has 0 saturated carbocycles. The van der Waals surface area contributed by atoms with Crippen LogP contribution in [0.2, 0.25) is 0 Å². The van der Waals surface area contributed by atoms with E-state index in [0.717, 1.165) is 31.5 Å². The summed E-state index contributed by atoms with van der Waals surface area (Å²) in [5.41, 5.74) is 0.0656. The molecule has 88 valence electrons. The van der Waals surface area contributed by atoms with E-state index in [9.17, 15) is 18.3 Å². The summed E-state index contributed by atoms with van der Waals surface area (Å²) in [6, 6.07) is 1.45. The van der Waals surface area contributed by atoms with E-state index in [0.29, 0.717) is 0 Å². The van der Waals surface area contributed by atoms with Crippen molar-refractivity contribution >= 4 is 0 Å². The summed E-state index contributed by atoms with van der Waals surface area (Å²) in [6.45, 7) is 0.772. The maximum absolute atomic E-state index is 12.9. The maximum atomic E-state index is 12.9. The van der Waals surface area contributed by atoms with Crippen LogP contribution in [0.3, 0.4) is 0 Å². The molecule has 16 heavy (non-hydrogen) atoms. The van der Waals surface area contributed by atoms with Crippen LogP contribution in [0.25, 0.3) is 0 Å². The van der Waals surface area contributed by atoms with Crippen LogP contribution in [0.15, 0.2) is 12.1 Å². The monoisotopic (exact) mass is 231 g/mol. The van der Waals surface area contributed by atoms with E-state index >= 15 is 0 Å². The molecular weight excluding hydrogens is 219 g/mol. The number of hydrogen-bond donors (Lipinski definition) is 2. The van der Waals surface area contributed by atoms with Gasteiger partial charge in [0.25, 0.3) is 0 Å². The van der Waals surface area contributed by atoms with Gasteiger partial charge in [0.15, 0.2) is 17.5 Å². The molecule has 1 unspecified atom stereocenters. The molecule has 5 heteroatoms. The summed E-state index contributed by atoms with van der Waals surface area (Å²) < 4.78 is 38.6. The lowest BCUT2D eigenvalue weighted by atomic mass is 10.0. The fraction of sp³-hybridized carbons (Fsp3) is 0.455. The highest BCUT2D eigenvalue weighted by Gasteiger charge is 2.25. The lowest BCUT2D eigenvalue weighted by Gasteiger charge is -2.18. The van der Waals surface area contributed by atoms with Gasteiger partial charge in [-0.1, -0.05) is 0 Å². The summed E-state index contributed by atoms with van der Waals surface area (Å²) in [7, 11) is 0. The second-order valence-electron chi connectivity index (χ2n) is 3.95. The molecule has 1 aliphatic rings. The predicted molar refractivity (Wildman–Crippen MR) is 52.3 cm³/mol. The zero-order valence-electron chi connectivity index (χ0n) is 8.51. The fourth-order valence-electron chi connectivity index (χ4n) is 1.96. The Morgan fingerprint density at radius 1 is 1.25 bits per heavy atom. The summed E-state index contributed by atoms with van der Waals surface area (Å²) in [5.74, 6) is -4.05. The van der Waals surface area contributed by atoms with Crippen molar-refractivity contribution in [2.75, 3.05) is 6.54 Å². The third-order valence-electron chi connectivity index (χ3n) is 2.83. The van der Waals surface area contributed by atoms with Gasteiger partial charge in [-0.25, -0.2) is 13.2 Å². The van der Waals surface area contributed by atoms with Crippen molar-refractivity contribution in [3.63, 3.8) is 0 Å². The van der Waals surface area contributed by atoms with Gasteiger partial charge in [0.1, 0.15) is 0 Å². The molecule has 1 aliphatic heterocycles. The highest BCUT2D eigenvalue weighted by molar-refractivity contribution is 5.23. The van der Waals surface area contributed by atoms with Crippen LogP contribution < -0.4 is 5.32 Å². The van der Waals surface area contributed by atoms with Crippen molar-refractivity contribution in [2.24, 2.45) is 0 Å². The molecule has 2 nitrogen and oxygen atoms in total. The van der Waals surface area contributed by atoms with Crippen LogP contribution >= 0.6 is 0 Å². The van der Waals surface area contributed by atoms with Gasteiger partial charge in [-0.15, -0.1) is 0 Å². The Bertz CT molecular complexity index is 368. The van der Waals surface area contributed by atoms with Gasteiger partial charge in [-0.05, 0) is 37.1 Å². The van der Waals surface area contributed by atoms with Crippen LogP contribution in [-0.4, -0.2) is 17.7 Å². The Kier molecular flexibility index (Phi) is 3.16. The van der Waals surface area contributed by atoms with E-state index in [2.05, 4.69) is 5.32 Å². The van der Waals surface area contributed by atoms with Crippen molar-refractivity contribution in [1.82, 2.24) is 5.32 Å². The van der Waals surface area contributed by atoms with E-state index in [-0.39, 0.29) is 11.6 Å². The van der Waals surface area contributed by atoms with Crippen molar-refractivity contribution in [1.29, 1.82) is 0 Å². The van der Waals surface area contributed by atoms with Gasteiger partial charge >= 0.3 is 0 Å². The summed E-state index contributed by atoms with van der Waals surface area (Å²) in [4.78, 5) is 0. The minimum atomic E-state index is -1.50. The molecule has 0 aromatic heterocycles. The maximum Gasteiger partial charge on any atom is 0.194 e. The van der Waals surface area contributed by atoms with E-state index < -0.39 is 23.6 Å². The molecule has 0 amide bonds. The number of hydrogen-bond acceptors (Lipinski definition) is 2. The Hall–Kier alpha value is -1.07. The van der Waals surface area contributed by atoms with Crippen molar-refractivity contribution in [2.45, 2.75) is 25.0 Å². The quantitative estimate of drug-likeness (QED) is 0.762. The highest BCUT2D eigenvalue weighted by Crippen LogP contribution is 2.25. The second-order valence-corrected chi connectivity index (χ2v) is 3.95. The Labute approximate surface area is 91.1 Å². The average Bonchev–Trinajstić information content (AvgIpc) is 2.77. The van der Waals surface area contributed by atoms with Gasteiger partial charge < -0.3 is 10.4 Å². The molecule has 1 fully saturated rings. The molecule has 2 rings (SSSR count). The SMILES string of the molecule is OC(c1cc(F)c(F)c(F)c1)[C@H]1CCCN1. The normalized spacial score (nSPS) is 22.4. The fourth-order valence-corrected chi connectivity index (χ4v) is 1.96. The van der Waals surface area contributed by atoms with Crippen LogP contribution in [-0.2, 0) is 0 Å². The van der Waals surface area contributed by atoms with Gasteiger partial charge in [0.05, 0.1) is 6.10 Å². The molecule has 0 bridgehead atoms. The molecule has 0 spiro atoms. The average molecular weight is 231 g/mol. The molecule has 1 aromatic carbocycles. The van der Waals surface area contributed by atoms with Gasteiger partial charge in [-0.3, -0.25) is 0 Å². The van der Waals surface area contributed by atoms with Crippen molar-refractivity contribution < 1.29 is 18.3 Å². The van der Waals surface area contributed by atoms with E-state index in [1.165, 1.54) is 0 Å². The zero-order valence-corrected chi connectivity index (χ0v) is 8.51. The first-order valence-corrected chi connectivity index (χ1v) is 5.15. The third kappa shape index (κ3) is 2.05. The largest absolute Gasteiger partial charge is 0.387 e. The smallest absolute Gasteiger partial charge is 0.194 e. The van der Waals surface area contributed by atoms with E-state index in [1.807, 2.05) is 0 Å². The molecule has 1 aromatic rings. The molecule has 1 heterocycles. The van der Waals surface area contributed by atoms with Crippen LogP contribution in [0.4, 0.5) is 13.2 Å². The molecule has 2 N–H and O–H groups in total. The van der Waals surface area contributed by atoms with E-state index in [1.54, 1.807) is 0 Å². The standard InChI is InChI=1S/C11H12F3NO/c12-7-4-6(5-8(13)10(7)14)11(16)9-2-1-3-15-9/h4-5,9,11,15-16H,1-3H2/t9-,11?/m1/s1. The first-order chi connectivity index (χ1) is 7.59. The van der Waals surface area contributed by atoms with Crippen LogP contribution in [0, 0.1) is 17.5 Å². The minimum Gasteiger partial charge on any atom is -0.387 e. The molecule has 0 aliphatic carbocycles. The van der Waals surface area contributed by atoms with Crippen LogP contribution in [0.1, 0.15) is 24.5 Å². The number of rotatable bonds is 2. The zero-order chi connectivity index (χ0) is 11.7. The number of nitrogens with one attached hydrogen (secondary N) is 1. The van der Waals surface area contributed by atoms with Gasteiger partial charge in [-0.2, -0.15) is 0 Å². The molecule has 2 atom stereocenters. The Morgan fingerprint density at radius 3 is 2.38 bits per heavy atom.